The molecule has 0 unspecified atom stereocenters. The van der Waals surface area contributed by atoms with Gasteiger partial charge in [0.25, 0.3) is 5.91 Å². The summed E-state index contributed by atoms with van der Waals surface area (Å²) in [5.74, 6) is 2.12. The molecular formula is C19H24N2O3. The third kappa shape index (κ3) is 3.45. The van der Waals surface area contributed by atoms with Crippen molar-refractivity contribution in [3.8, 4) is 5.75 Å². The largest absolute Gasteiger partial charge is 0.481 e. The van der Waals surface area contributed by atoms with E-state index >= 15 is 0 Å². The summed E-state index contributed by atoms with van der Waals surface area (Å²) < 4.78 is 11.8. The fourth-order valence-corrected chi connectivity index (χ4v) is 2.72. The van der Waals surface area contributed by atoms with Gasteiger partial charge in [-0.05, 0) is 43.5 Å². The van der Waals surface area contributed by atoms with E-state index in [9.17, 15) is 4.79 Å². The first-order valence-electron chi connectivity index (χ1n) is 8.38. The van der Waals surface area contributed by atoms with Crippen LogP contribution in [0.1, 0.15) is 67.8 Å². The highest BCUT2D eigenvalue weighted by Gasteiger charge is 2.22. The SMILES string of the molecule is C[C@@H](Oc1ccc2c(c1)CCCNC2=O)c1ncc(C(C)(C)C)o1. The van der Waals surface area contributed by atoms with Gasteiger partial charge in [0.2, 0.25) is 5.89 Å². The maximum atomic E-state index is 12.0. The molecule has 5 heteroatoms. The summed E-state index contributed by atoms with van der Waals surface area (Å²) in [6, 6.07) is 5.60. The number of fused-ring (bicyclic) bond motifs is 1. The van der Waals surface area contributed by atoms with Crippen LogP contribution in [0, 0.1) is 0 Å². The highest BCUT2D eigenvalue weighted by molar-refractivity contribution is 5.96. The molecule has 0 saturated heterocycles. The number of aryl methyl sites for hydroxylation is 1. The van der Waals surface area contributed by atoms with Crippen molar-refractivity contribution in [3.63, 3.8) is 0 Å². The topological polar surface area (TPSA) is 64.4 Å². The molecule has 0 aliphatic carbocycles. The lowest BCUT2D eigenvalue weighted by molar-refractivity contribution is 0.0956. The molecule has 128 valence electrons. The van der Waals surface area contributed by atoms with E-state index in [1.165, 1.54) is 0 Å². The average Bonchev–Trinajstić information content (AvgIpc) is 2.95. The Labute approximate surface area is 142 Å². The van der Waals surface area contributed by atoms with Gasteiger partial charge in [0.1, 0.15) is 11.5 Å². The van der Waals surface area contributed by atoms with Gasteiger partial charge in [-0.3, -0.25) is 4.79 Å². The molecular weight excluding hydrogens is 304 g/mol. The number of carbonyl (C=O) groups is 1. The summed E-state index contributed by atoms with van der Waals surface area (Å²) in [5, 5.41) is 2.90. The van der Waals surface area contributed by atoms with E-state index in [2.05, 4.69) is 31.1 Å². The third-order valence-electron chi connectivity index (χ3n) is 4.15. The number of nitrogens with zero attached hydrogens (tertiary/aromatic N) is 1. The first kappa shape index (κ1) is 16.6. The number of rotatable bonds is 3. The summed E-state index contributed by atoms with van der Waals surface area (Å²) in [7, 11) is 0. The van der Waals surface area contributed by atoms with Crippen molar-refractivity contribution in [2.75, 3.05) is 6.54 Å². The molecule has 24 heavy (non-hydrogen) atoms. The van der Waals surface area contributed by atoms with Gasteiger partial charge in [0.15, 0.2) is 6.10 Å². The molecule has 3 rings (SSSR count). The number of nitrogens with one attached hydrogen (secondary N) is 1. The Kier molecular flexibility index (Phi) is 4.35. The van der Waals surface area contributed by atoms with Crippen LogP contribution in [0.4, 0.5) is 0 Å². The second kappa shape index (κ2) is 6.30. The van der Waals surface area contributed by atoms with Gasteiger partial charge >= 0.3 is 0 Å². The smallest absolute Gasteiger partial charge is 0.251 e. The van der Waals surface area contributed by atoms with Gasteiger partial charge in [-0.1, -0.05) is 20.8 Å². The van der Waals surface area contributed by atoms with Crippen LogP contribution in [-0.2, 0) is 11.8 Å². The minimum absolute atomic E-state index is 0.00961. The molecule has 1 aromatic heterocycles. The second-order valence-corrected chi connectivity index (χ2v) is 7.25. The fourth-order valence-electron chi connectivity index (χ4n) is 2.72. The van der Waals surface area contributed by atoms with Gasteiger partial charge in [-0.2, -0.15) is 0 Å². The molecule has 1 amide bonds. The number of hydrogen-bond acceptors (Lipinski definition) is 4. The highest BCUT2D eigenvalue weighted by Crippen LogP contribution is 2.28. The third-order valence-corrected chi connectivity index (χ3v) is 4.15. The van der Waals surface area contributed by atoms with Gasteiger partial charge in [0.05, 0.1) is 6.20 Å². The van der Waals surface area contributed by atoms with Crippen LogP contribution >= 0.6 is 0 Å². The summed E-state index contributed by atoms with van der Waals surface area (Å²) in [6.45, 7) is 8.88. The van der Waals surface area contributed by atoms with E-state index in [4.69, 9.17) is 9.15 Å². The van der Waals surface area contributed by atoms with Crippen LogP contribution in [0.2, 0.25) is 0 Å². The van der Waals surface area contributed by atoms with Crippen molar-refractivity contribution in [2.45, 2.75) is 52.1 Å². The van der Waals surface area contributed by atoms with Crippen LogP contribution in [0.25, 0.3) is 0 Å². The van der Waals surface area contributed by atoms with Crippen LogP contribution in [0.3, 0.4) is 0 Å². The van der Waals surface area contributed by atoms with E-state index < -0.39 is 0 Å². The van der Waals surface area contributed by atoms with Crippen molar-refractivity contribution in [3.05, 3.63) is 47.2 Å². The first-order valence-corrected chi connectivity index (χ1v) is 8.38. The van der Waals surface area contributed by atoms with Gasteiger partial charge in [-0.15, -0.1) is 0 Å². The summed E-state index contributed by atoms with van der Waals surface area (Å²) in [5.41, 5.74) is 1.68. The Bertz CT molecular complexity index is 743. The Hall–Kier alpha value is -2.30. The lowest BCUT2D eigenvalue weighted by Crippen LogP contribution is -2.22. The van der Waals surface area contributed by atoms with Crippen molar-refractivity contribution < 1.29 is 13.9 Å². The normalized spacial score (nSPS) is 16.1. The van der Waals surface area contributed by atoms with E-state index in [1.54, 1.807) is 6.20 Å². The first-order chi connectivity index (χ1) is 11.3. The molecule has 0 radical (unpaired) electrons. The number of ether oxygens (including phenoxy) is 1. The number of aromatic nitrogens is 1. The molecule has 1 N–H and O–H groups in total. The minimum Gasteiger partial charge on any atom is -0.481 e. The predicted octanol–water partition coefficient (Wildman–Crippen LogP) is 3.79. The molecule has 0 saturated carbocycles. The van der Waals surface area contributed by atoms with Gasteiger partial charge in [0, 0.05) is 17.5 Å². The molecule has 5 nitrogen and oxygen atoms in total. The maximum Gasteiger partial charge on any atom is 0.251 e. The van der Waals surface area contributed by atoms with Gasteiger partial charge < -0.3 is 14.5 Å². The average molecular weight is 328 g/mol. The van der Waals surface area contributed by atoms with Crippen LogP contribution in [-0.4, -0.2) is 17.4 Å². The monoisotopic (exact) mass is 328 g/mol. The van der Waals surface area contributed by atoms with E-state index in [0.717, 1.165) is 35.5 Å². The summed E-state index contributed by atoms with van der Waals surface area (Å²) >= 11 is 0. The molecule has 1 aliphatic rings. The van der Waals surface area contributed by atoms with E-state index in [-0.39, 0.29) is 17.4 Å². The summed E-state index contributed by atoms with van der Waals surface area (Å²) in [4.78, 5) is 16.3. The molecule has 2 heterocycles. The molecule has 2 aromatic rings. The number of hydrogen-bond donors (Lipinski definition) is 1. The summed E-state index contributed by atoms with van der Waals surface area (Å²) in [6.07, 6.45) is 3.27. The predicted molar refractivity (Wildman–Crippen MR) is 91.3 cm³/mol. The van der Waals surface area contributed by atoms with Crippen LogP contribution in [0.15, 0.2) is 28.8 Å². The standard InChI is InChI=1S/C19H24N2O3/c1-12(18-21-11-16(24-18)19(2,3)4)23-14-7-8-15-13(10-14)6-5-9-20-17(15)22/h7-8,10-12H,5-6,9H2,1-4H3,(H,20,22)/t12-/m1/s1. The number of oxazole rings is 1. The highest BCUT2D eigenvalue weighted by atomic mass is 16.5. The molecule has 1 atom stereocenters. The molecule has 1 aromatic carbocycles. The zero-order chi connectivity index (χ0) is 17.3. The van der Waals surface area contributed by atoms with Crippen molar-refractivity contribution in [2.24, 2.45) is 0 Å². The zero-order valence-corrected chi connectivity index (χ0v) is 14.7. The maximum absolute atomic E-state index is 12.0. The molecule has 1 aliphatic heterocycles. The van der Waals surface area contributed by atoms with Crippen LogP contribution in [0.5, 0.6) is 5.75 Å². The molecule has 0 fully saturated rings. The number of benzene rings is 1. The second-order valence-electron chi connectivity index (χ2n) is 7.25. The van der Waals surface area contributed by atoms with Crippen molar-refractivity contribution >= 4 is 5.91 Å². The molecule has 0 bridgehead atoms. The Morgan fingerprint density at radius 1 is 1.33 bits per heavy atom. The zero-order valence-electron chi connectivity index (χ0n) is 14.7. The minimum atomic E-state index is -0.293. The quantitative estimate of drug-likeness (QED) is 0.931. The number of carbonyl (C=O) groups excluding carboxylic acids is 1. The Morgan fingerprint density at radius 3 is 2.83 bits per heavy atom. The van der Waals surface area contributed by atoms with Gasteiger partial charge in [-0.25, -0.2) is 4.98 Å². The number of amides is 1. The van der Waals surface area contributed by atoms with Crippen molar-refractivity contribution in [1.29, 1.82) is 0 Å². The van der Waals surface area contributed by atoms with Crippen LogP contribution < -0.4 is 10.1 Å². The Morgan fingerprint density at radius 2 is 2.12 bits per heavy atom. The Balaban J connectivity index is 1.77. The van der Waals surface area contributed by atoms with Crippen molar-refractivity contribution in [1.82, 2.24) is 10.3 Å². The van der Waals surface area contributed by atoms with E-state index in [1.807, 2.05) is 25.1 Å². The molecule has 0 spiro atoms. The lowest BCUT2D eigenvalue weighted by atomic mass is 9.94. The fraction of sp³-hybridized carbons (Fsp3) is 0.474. The van der Waals surface area contributed by atoms with E-state index in [0.29, 0.717) is 12.4 Å². The lowest BCUT2D eigenvalue weighted by Gasteiger charge is -2.15.